The first-order valence-electron chi connectivity index (χ1n) is 7.05. The third-order valence-electron chi connectivity index (χ3n) is 3.43. The zero-order valence-corrected chi connectivity index (χ0v) is 14.4. The van der Waals surface area contributed by atoms with Crippen LogP contribution >= 0.6 is 23.6 Å². The Balaban J connectivity index is 1.85. The first-order valence-corrected chi connectivity index (χ1v) is 8.34. The molecule has 0 aliphatic heterocycles. The second-order valence-electron chi connectivity index (χ2n) is 4.99. The number of hydrogen-bond acceptors (Lipinski definition) is 5. The highest BCUT2D eigenvalue weighted by atomic mass is 32.1. The molecule has 0 radical (unpaired) electrons. The molecule has 0 aliphatic carbocycles. The maximum Gasteiger partial charge on any atom is 0.216 e. The van der Waals surface area contributed by atoms with Crippen molar-refractivity contribution < 1.29 is 4.74 Å². The van der Waals surface area contributed by atoms with Crippen molar-refractivity contribution in [1.29, 1.82) is 0 Å². The van der Waals surface area contributed by atoms with Gasteiger partial charge in [0.25, 0.3) is 0 Å². The zero-order valence-electron chi connectivity index (χ0n) is 12.8. The fraction of sp³-hybridized carbons (Fsp3) is 0.188. The van der Waals surface area contributed by atoms with E-state index in [9.17, 15) is 0 Å². The Kier molecular flexibility index (Phi) is 4.68. The van der Waals surface area contributed by atoms with Gasteiger partial charge in [-0.2, -0.15) is 14.9 Å². The fourth-order valence-electron chi connectivity index (χ4n) is 2.11. The molecule has 118 valence electrons. The van der Waals surface area contributed by atoms with Gasteiger partial charge in [-0.05, 0) is 53.8 Å². The highest BCUT2D eigenvalue weighted by molar-refractivity contribution is 7.71. The maximum atomic E-state index is 5.27. The monoisotopic (exact) mass is 344 g/mol. The number of hydrogen-bond donors (Lipinski definition) is 1. The molecule has 2 aromatic heterocycles. The van der Waals surface area contributed by atoms with E-state index in [0.29, 0.717) is 11.2 Å². The number of H-pyrrole nitrogens is 1. The van der Waals surface area contributed by atoms with Gasteiger partial charge < -0.3 is 4.74 Å². The van der Waals surface area contributed by atoms with Crippen molar-refractivity contribution in [3.05, 3.63) is 62.3 Å². The third kappa shape index (κ3) is 3.57. The summed E-state index contributed by atoms with van der Waals surface area (Å²) < 4.78 is 7.32. The molecule has 23 heavy (non-hydrogen) atoms. The van der Waals surface area contributed by atoms with E-state index in [-0.39, 0.29) is 0 Å². The normalized spacial score (nSPS) is 11.2. The van der Waals surface area contributed by atoms with E-state index in [1.54, 1.807) is 23.1 Å². The minimum Gasteiger partial charge on any atom is -0.497 e. The molecule has 0 fully saturated rings. The average molecular weight is 344 g/mol. The number of thiophene rings is 1. The summed E-state index contributed by atoms with van der Waals surface area (Å²) in [5.74, 6) is 1.60. The van der Waals surface area contributed by atoms with Crippen molar-refractivity contribution in [1.82, 2.24) is 14.9 Å². The summed E-state index contributed by atoms with van der Waals surface area (Å²) in [7, 11) is 1.65. The van der Waals surface area contributed by atoms with Crippen molar-refractivity contribution >= 4 is 29.8 Å². The molecular formula is C16H16N4OS2. The summed E-state index contributed by atoms with van der Waals surface area (Å²) in [5, 5.41) is 13.6. The molecule has 0 amide bonds. The lowest BCUT2D eigenvalue weighted by atomic mass is 10.1. The van der Waals surface area contributed by atoms with Crippen LogP contribution in [-0.2, 0) is 6.42 Å². The van der Waals surface area contributed by atoms with Crippen molar-refractivity contribution in [3.63, 3.8) is 0 Å². The molecule has 0 saturated heterocycles. The number of aryl methyl sites for hydroxylation is 1. The molecule has 7 heteroatoms. The van der Waals surface area contributed by atoms with Crippen molar-refractivity contribution in [3.8, 4) is 5.75 Å². The van der Waals surface area contributed by atoms with E-state index in [2.05, 4.69) is 28.3 Å². The summed E-state index contributed by atoms with van der Waals surface area (Å²) in [6.45, 7) is 2.06. The summed E-state index contributed by atoms with van der Waals surface area (Å²) in [6, 6.07) is 9.94. The Morgan fingerprint density at radius 3 is 2.78 bits per heavy atom. The van der Waals surface area contributed by atoms with E-state index in [1.165, 1.54) is 5.56 Å². The largest absolute Gasteiger partial charge is 0.497 e. The number of rotatable bonds is 5. The molecule has 0 spiro atoms. The second kappa shape index (κ2) is 6.89. The first kappa shape index (κ1) is 15.6. The lowest BCUT2D eigenvalue weighted by Gasteiger charge is -2.03. The summed E-state index contributed by atoms with van der Waals surface area (Å²) in [4.78, 5) is 1.11. The van der Waals surface area contributed by atoms with Gasteiger partial charge in [0.15, 0.2) is 5.82 Å². The lowest BCUT2D eigenvalue weighted by molar-refractivity contribution is 0.414. The molecule has 0 unspecified atom stereocenters. The number of ether oxygens (including phenoxy) is 1. The molecule has 3 rings (SSSR count). The van der Waals surface area contributed by atoms with Gasteiger partial charge in [0, 0.05) is 6.42 Å². The van der Waals surface area contributed by atoms with Crippen LogP contribution in [0.2, 0.25) is 0 Å². The standard InChI is InChI=1S/C16H16N4OS2/c1-11-7-8-23-14(11)10-17-20-15(18-19-16(20)22)9-12-3-5-13(21-2)6-4-12/h3-8,10H,9H2,1-2H3,(H,19,22)/b17-10-. The van der Waals surface area contributed by atoms with E-state index in [0.717, 1.165) is 22.0 Å². The number of aromatic amines is 1. The summed E-state index contributed by atoms with van der Waals surface area (Å²) in [6.07, 6.45) is 2.46. The first-order chi connectivity index (χ1) is 11.2. The molecule has 1 N–H and O–H groups in total. The van der Waals surface area contributed by atoms with Gasteiger partial charge in [-0.1, -0.05) is 12.1 Å². The number of aromatic nitrogens is 3. The molecule has 3 aromatic rings. The number of benzene rings is 1. The van der Waals surface area contributed by atoms with Crippen molar-refractivity contribution in [2.45, 2.75) is 13.3 Å². The average Bonchev–Trinajstić information content (AvgIpc) is 3.12. The van der Waals surface area contributed by atoms with Crippen molar-refractivity contribution in [2.24, 2.45) is 5.10 Å². The fourth-order valence-corrected chi connectivity index (χ4v) is 3.09. The highest BCUT2D eigenvalue weighted by Gasteiger charge is 2.07. The minimum absolute atomic E-state index is 0.485. The van der Waals surface area contributed by atoms with Gasteiger partial charge in [-0.3, -0.25) is 5.10 Å². The number of nitrogens with one attached hydrogen (secondary N) is 1. The minimum atomic E-state index is 0.485. The van der Waals surface area contributed by atoms with Gasteiger partial charge in [0.2, 0.25) is 4.77 Å². The predicted octanol–water partition coefficient (Wildman–Crippen LogP) is 3.79. The van der Waals surface area contributed by atoms with Gasteiger partial charge in [-0.15, -0.1) is 11.3 Å². The van der Waals surface area contributed by atoms with Crippen LogP contribution in [0.15, 0.2) is 40.8 Å². The van der Waals surface area contributed by atoms with E-state index in [4.69, 9.17) is 17.0 Å². The van der Waals surface area contributed by atoms with Gasteiger partial charge in [0.05, 0.1) is 18.2 Å². The Hall–Kier alpha value is -2.25. The molecule has 5 nitrogen and oxygen atoms in total. The zero-order chi connectivity index (χ0) is 16.2. The van der Waals surface area contributed by atoms with Gasteiger partial charge in [0.1, 0.15) is 5.75 Å². The molecular weight excluding hydrogens is 328 g/mol. The Morgan fingerprint density at radius 2 is 2.13 bits per heavy atom. The second-order valence-corrected chi connectivity index (χ2v) is 6.33. The van der Waals surface area contributed by atoms with Crippen LogP contribution in [0.5, 0.6) is 5.75 Å². The Bertz CT molecular complexity index is 874. The smallest absolute Gasteiger partial charge is 0.216 e. The van der Waals surface area contributed by atoms with E-state index < -0.39 is 0 Å². The Labute approximate surface area is 143 Å². The van der Waals surface area contributed by atoms with Gasteiger partial charge in [-0.25, -0.2) is 0 Å². The Morgan fingerprint density at radius 1 is 1.35 bits per heavy atom. The quantitative estimate of drug-likeness (QED) is 0.566. The topological polar surface area (TPSA) is 55.2 Å². The molecule has 0 atom stereocenters. The van der Waals surface area contributed by atoms with Crippen LogP contribution < -0.4 is 4.74 Å². The molecule has 2 heterocycles. The summed E-state index contributed by atoms with van der Waals surface area (Å²) in [5.41, 5.74) is 2.31. The van der Waals surface area contributed by atoms with Crippen LogP contribution in [-0.4, -0.2) is 28.2 Å². The van der Waals surface area contributed by atoms with Crippen LogP contribution in [0.4, 0.5) is 0 Å². The van der Waals surface area contributed by atoms with Crippen molar-refractivity contribution in [2.75, 3.05) is 7.11 Å². The van der Waals surface area contributed by atoms with Gasteiger partial charge >= 0.3 is 0 Å². The van der Waals surface area contributed by atoms with Crippen LogP contribution in [0, 0.1) is 11.7 Å². The molecule has 0 saturated carbocycles. The lowest BCUT2D eigenvalue weighted by Crippen LogP contribution is -2.00. The van der Waals surface area contributed by atoms with E-state index >= 15 is 0 Å². The van der Waals surface area contributed by atoms with Crippen LogP contribution in [0.3, 0.4) is 0 Å². The number of methoxy groups -OCH3 is 1. The molecule has 0 aliphatic rings. The predicted molar refractivity (Wildman–Crippen MR) is 95.3 cm³/mol. The van der Waals surface area contributed by atoms with E-state index in [1.807, 2.05) is 35.9 Å². The van der Waals surface area contributed by atoms with Crippen LogP contribution in [0.25, 0.3) is 0 Å². The summed E-state index contributed by atoms with van der Waals surface area (Å²) >= 11 is 6.92. The number of nitrogens with zero attached hydrogens (tertiary/aromatic N) is 3. The third-order valence-corrected chi connectivity index (χ3v) is 4.65. The SMILES string of the molecule is COc1ccc(Cc2n[nH]c(=S)n2/N=C\c2sccc2C)cc1. The van der Waals surface area contributed by atoms with Crippen LogP contribution in [0.1, 0.15) is 21.8 Å². The molecule has 0 bridgehead atoms. The maximum absolute atomic E-state index is 5.27. The molecule has 1 aromatic carbocycles. The highest BCUT2D eigenvalue weighted by Crippen LogP contribution is 2.15.